The number of carbonyl (C=O) groups is 3. The fraction of sp³-hybridized carbons (Fsp3) is 0.278. The summed E-state index contributed by atoms with van der Waals surface area (Å²) in [5.41, 5.74) is 5.50. The molecule has 3 rings (SSSR count). The number of carbonyl (C=O) groups excluding carboxylic acids is 3. The maximum atomic E-state index is 12.7. The molecule has 5 N–H and O–H groups in total. The number of nitrogens with zero attached hydrogens (tertiary/aromatic N) is 4. The largest absolute Gasteiger partial charge is 0.445 e. The molecule has 17 nitrogen and oxygen atoms in total. The average Bonchev–Trinajstić information content (AvgIpc) is 3.26. The van der Waals surface area contributed by atoms with E-state index in [0.29, 0.717) is 5.56 Å². The van der Waals surface area contributed by atoms with Crippen molar-refractivity contribution in [3.8, 4) is 0 Å². The van der Waals surface area contributed by atoms with Gasteiger partial charge < -0.3 is 25.9 Å². The average molecular weight is 558 g/mol. The Bertz CT molecular complexity index is 1340. The molecule has 0 aliphatic carbocycles. The Morgan fingerprint density at radius 2 is 2.03 bits per heavy atom. The monoisotopic (exact) mass is 557 g/mol. The summed E-state index contributed by atoms with van der Waals surface area (Å²) >= 11 is 1.01. The molecule has 19 heteroatoms. The number of β-lactam (4-membered cyclic amide) rings is 1. The Labute approximate surface area is 212 Å². The van der Waals surface area contributed by atoms with E-state index in [2.05, 4.69) is 25.6 Å². The number of rotatable bonds is 10. The van der Waals surface area contributed by atoms with Gasteiger partial charge in [0.25, 0.3) is 17.5 Å². The molecule has 1 fully saturated rings. The van der Waals surface area contributed by atoms with Crippen LogP contribution in [0, 0.1) is 10.1 Å². The molecule has 1 saturated heterocycles. The third-order valence-electron chi connectivity index (χ3n) is 4.84. The Morgan fingerprint density at radius 1 is 1.35 bits per heavy atom. The molecule has 198 valence electrons. The number of alkyl carbamates (subject to hydrolysis) is 1. The van der Waals surface area contributed by atoms with Gasteiger partial charge in [0.15, 0.2) is 10.8 Å². The molecule has 1 aliphatic heterocycles. The third kappa shape index (κ3) is 6.45. The van der Waals surface area contributed by atoms with E-state index in [1.807, 2.05) is 0 Å². The number of aromatic nitrogens is 1. The molecule has 0 spiro atoms. The number of hydrogen-bond acceptors (Lipinski definition) is 13. The highest BCUT2D eigenvalue weighted by Gasteiger charge is 2.54. The summed E-state index contributed by atoms with van der Waals surface area (Å²) in [7, 11) is -3.86. The summed E-state index contributed by atoms with van der Waals surface area (Å²) in [5.74, 6) is -2.14. The Hall–Kier alpha value is -4.36. The predicted octanol–water partition coefficient (Wildman–Crippen LogP) is -0.591. The highest BCUT2D eigenvalue weighted by Crippen LogP contribution is 2.24. The number of anilines is 1. The van der Waals surface area contributed by atoms with Crippen molar-refractivity contribution >= 4 is 56.1 Å². The fourth-order valence-corrected chi connectivity index (χ4v) is 4.59. The molecule has 0 saturated carbocycles. The lowest BCUT2D eigenvalue weighted by Crippen LogP contribution is -2.74. The summed E-state index contributed by atoms with van der Waals surface area (Å²) in [6, 6.07) is 2.28. The number of ether oxygens (including phenoxy) is 1. The van der Waals surface area contributed by atoms with Gasteiger partial charge in [0, 0.05) is 24.1 Å². The van der Waals surface area contributed by atoms with Crippen LogP contribution in [0.5, 0.6) is 0 Å². The molecule has 2 aromatic rings. The summed E-state index contributed by atoms with van der Waals surface area (Å²) in [6.45, 7) is -0.820. The number of nitrogens with two attached hydrogens (primary N) is 1. The first-order valence-corrected chi connectivity index (χ1v) is 12.3. The van der Waals surface area contributed by atoms with Gasteiger partial charge in [-0.2, -0.15) is 8.42 Å². The lowest BCUT2D eigenvalue weighted by Gasteiger charge is -2.44. The van der Waals surface area contributed by atoms with E-state index in [1.54, 1.807) is 0 Å². The number of amides is 3. The molecular weight excluding hydrogens is 538 g/mol. The van der Waals surface area contributed by atoms with Gasteiger partial charge in [-0.15, -0.1) is 11.3 Å². The third-order valence-corrected chi connectivity index (χ3v) is 6.46. The van der Waals surface area contributed by atoms with Crippen molar-refractivity contribution in [2.75, 3.05) is 19.4 Å². The molecule has 2 atom stereocenters. The number of nitro benzene ring substituents is 1. The van der Waals surface area contributed by atoms with Crippen LogP contribution in [0.1, 0.15) is 11.3 Å². The van der Waals surface area contributed by atoms with Crippen molar-refractivity contribution in [3.63, 3.8) is 0 Å². The van der Waals surface area contributed by atoms with Crippen LogP contribution in [0.15, 0.2) is 34.8 Å². The SMILES string of the molecule is CON=C(C(=O)N[C@H]1C(=O)N(S(=O)(=O)O)[C@H]1CNC(=O)OCc1ccc([N+](=O)[O-])cc1)c1csc(N)n1. The number of nitrogens with one attached hydrogen (secondary N) is 2. The van der Waals surface area contributed by atoms with Gasteiger partial charge in [-0.05, 0) is 17.7 Å². The minimum atomic E-state index is -5.02. The first-order chi connectivity index (χ1) is 17.4. The number of benzene rings is 1. The Kier molecular flexibility index (Phi) is 8.20. The molecule has 0 unspecified atom stereocenters. The highest BCUT2D eigenvalue weighted by molar-refractivity contribution is 7.84. The standard InChI is InChI=1S/C18H19N7O10S2/c1-34-23-13(11-8-36-17(19)21-11)15(26)22-14-12(24(16(14)27)37(31,32)33)6-20-18(28)35-7-9-2-4-10(5-3-9)25(29)30/h2-5,8,12,14H,6-7H2,1H3,(H2,19,21)(H,20,28)(H,22,26)(H,31,32,33)/t12-,14+/m0/s1. The second-order valence-electron chi connectivity index (χ2n) is 7.20. The second kappa shape index (κ2) is 11.1. The fourth-order valence-electron chi connectivity index (χ4n) is 3.17. The molecule has 1 aromatic heterocycles. The van der Waals surface area contributed by atoms with E-state index in [-0.39, 0.29) is 33.1 Å². The quantitative estimate of drug-likeness (QED) is 0.0941. The Balaban J connectivity index is 1.65. The summed E-state index contributed by atoms with van der Waals surface area (Å²) < 4.78 is 37.7. The summed E-state index contributed by atoms with van der Waals surface area (Å²) in [6.07, 6.45) is -1.03. The van der Waals surface area contributed by atoms with Crippen molar-refractivity contribution in [2.24, 2.45) is 5.16 Å². The van der Waals surface area contributed by atoms with E-state index < -0.39 is 51.8 Å². The van der Waals surface area contributed by atoms with Crippen LogP contribution in [-0.2, 0) is 36.1 Å². The Morgan fingerprint density at radius 3 is 2.57 bits per heavy atom. The first kappa shape index (κ1) is 27.2. The van der Waals surface area contributed by atoms with Crippen molar-refractivity contribution in [3.05, 3.63) is 51.0 Å². The first-order valence-electron chi connectivity index (χ1n) is 10.0. The molecule has 1 aliphatic rings. The van der Waals surface area contributed by atoms with Crippen LogP contribution in [0.25, 0.3) is 0 Å². The van der Waals surface area contributed by atoms with Gasteiger partial charge in [0.1, 0.15) is 25.5 Å². The van der Waals surface area contributed by atoms with Gasteiger partial charge in [-0.3, -0.25) is 24.3 Å². The van der Waals surface area contributed by atoms with Gasteiger partial charge in [0.05, 0.1) is 11.0 Å². The molecule has 37 heavy (non-hydrogen) atoms. The molecule has 3 amide bonds. The van der Waals surface area contributed by atoms with Crippen molar-refractivity contribution in [1.82, 2.24) is 19.9 Å². The van der Waals surface area contributed by atoms with Crippen molar-refractivity contribution in [2.45, 2.75) is 18.7 Å². The van der Waals surface area contributed by atoms with Crippen molar-refractivity contribution in [1.29, 1.82) is 0 Å². The lowest BCUT2D eigenvalue weighted by molar-refractivity contribution is -0.384. The maximum Gasteiger partial charge on any atom is 0.407 e. The summed E-state index contributed by atoms with van der Waals surface area (Å²) in [5, 5.41) is 20.3. The van der Waals surface area contributed by atoms with Gasteiger partial charge in [0.2, 0.25) is 0 Å². The van der Waals surface area contributed by atoms with Crippen LogP contribution in [-0.4, -0.2) is 76.5 Å². The zero-order valence-electron chi connectivity index (χ0n) is 18.8. The molecular formula is C18H19N7O10S2. The molecule has 0 bridgehead atoms. The minimum Gasteiger partial charge on any atom is -0.445 e. The van der Waals surface area contributed by atoms with E-state index in [4.69, 9.17) is 10.5 Å². The predicted molar refractivity (Wildman–Crippen MR) is 125 cm³/mol. The van der Waals surface area contributed by atoms with Gasteiger partial charge in [-0.25, -0.2) is 14.1 Å². The van der Waals surface area contributed by atoms with Crippen LogP contribution in [0.3, 0.4) is 0 Å². The van der Waals surface area contributed by atoms with Gasteiger partial charge in [-0.1, -0.05) is 5.16 Å². The maximum absolute atomic E-state index is 12.7. The number of oxime groups is 1. The van der Waals surface area contributed by atoms with Gasteiger partial charge >= 0.3 is 16.4 Å². The number of hydrogen-bond donors (Lipinski definition) is 4. The van der Waals surface area contributed by atoms with Crippen LogP contribution in [0.4, 0.5) is 15.6 Å². The zero-order valence-corrected chi connectivity index (χ0v) is 20.4. The van der Waals surface area contributed by atoms with Crippen molar-refractivity contribution < 1.29 is 41.9 Å². The number of thiazole rings is 1. The lowest BCUT2D eigenvalue weighted by atomic mass is 9.98. The second-order valence-corrected chi connectivity index (χ2v) is 9.38. The topological polar surface area (TPSA) is 246 Å². The normalized spacial score (nSPS) is 17.5. The molecule has 0 radical (unpaired) electrons. The number of non-ortho nitro benzene ring substituents is 1. The smallest absolute Gasteiger partial charge is 0.407 e. The molecule has 1 aromatic carbocycles. The van der Waals surface area contributed by atoms with Crippen LogP contribution < -0.4 is 16.4 Å². The minimum absolute atomic E-state index is 0.0322. The summed E-state index contributed by atoms with van der Waals surface area (Å²) in [4.78, 5) is 55.8. The number of nitrogen functional groups attached to an aromatic ring is 1. The number of nitro groups is 1. The van der Waals surface area contributed by atoms with E-state index in [9.17, 15) is 37.5 Å². The highest BCUT2D eigenvalue weighted by atomic mass is 32.2. The van der Waals surface area contributed by atoms with E-state index >= 15 is 0 Å². The van der Waals surface area contributed by atoms with Crippen LogP contribution >= 0.6 is 11.3 Å². The van der Waals surface area contributed by atoms with E-state index in [0.717, 1.165) is 18.4 Å². The van der Waals surface area contributed by atoms with E-state index in [1.165, 1.54) is 29.6 Å². The zero-order chi connectivity index (χ0) is 27.3. The van der Waals surface area contributed by atoms with Crippen LogP contribution in [0.2, 0.25) is 0 Å². The molecule has 2 heterocycles.